The van der Waals surface area contributed by atoms with Gasteiger partial charge in [0.05, 0.1) is 0 Å². The van der Waals surface area contributed by atoms with Crippen molar-refractivity contribution in [3.8, 4) is 0 Å². The molecule has 4 nitrogen and oxygen atoms in total. The summed E-state index contributed by atoms with van der Waals surface area (Å²) in [6, 6.07) is 0. The standard InChI is InChI=1S/C3H3NO3/c1-4-2-7-3(5)6/h2H2,(H,5,6). The van der Waals surface area contributed by atoms with Crippen LogP contribution in [0.1, 0.15) is 0 Å². The van der Waals surface area contributed by atoms with Crippen molar-refractivity contribution in [2.75, 3.05) is 6.73 Å². The van der Waals surface area contributed by atoms with Crippen LogP contribution in [-0.4, -0.2) is 18.0 Å². The lowest BCUT2D eigenvalue weighted by Crippen LogP contribution is -1.97. The van der Waals surface area contributed by atoms with Crippen molar-refractivity contribution in [3.63, 3.8) is 0 Å². The summed E-state index contributed by atoms with van der Waals surface area (Å²) in [6.07, 6.45) is -1.41. The zero-order valence-corrected chi connectivity index (χ0v) is 3.42. The van der Waals surface area contributed by atoms with Gasteiger partial charge in [-0.2, -0.15) is 0 Å². The van der Waals surface area contributed by atoms with E-state index in [9.17, 15) is 4.79 Å². The molecule has 0 aliphatic heterocycles. The number of hydrogen-bond donors (Lipinski definition) is 1. The fourth-order valence-corrected chi connectivity index (χ4v) is 0.0875. The van der Waals surface area contributed by atoms with Gasteiger partial charge in [0.2, 0.25) is 0 Å². The SMILES string of the molecule is [C-]#[N+]COC(=O)O. The Balaban J connectivity index is 3.02. The number of carbonyl (C=O) groups is 1. The lowest BCUT2D eigenvalue weighted by Gasteiger charge is -1.82. The van der Waals surface area contributed by atoms with Crippen LogP contribution in [-0.2, 0) is 4.74 Å². The summed E-state index contributed by atoms with van der Waals surface area (Å²) in [4.78, 5) is 12.0. The van der Waals surface area contributed by atoms with E-state index in [1.54, 1.807) is 0 Å². The predicted molar refractivity (Wildman–Crippen MR) is 20.6 cm³/mol. The van der Waals surface area contributed by atoms with E-state index >= 15 is 0 Å². The van der Waals surface area contributed by atoms with Crippen LogP contribution in [0.15, 0.2) is 0 Å². The van der Waals surface area contributed by atoms with Gasteiger partial charge in [-0.1, -0.05) is 0 Å². The summed E-state index contributed by atoms with van der Waals surface area (Å²) in [5, 5.41) is 7.68. The van der Waals surface area contributed by atoms with Gasteiger partial charge in [-0.3, -0.25) is 4.85 Å². The van der Waals surface area contributed by atoms with Crippen molar-refractivity contribution < 1.29 is 14.6 Å². The molecule has 0 aromatic carbocycles. The first-order chi connectivity index (χ1) is 3.27. The second-order valence-electron chi connectivity index (χ2n) is 0.697. The molecule has 0 saturated carbocycles. The van der Waals surface area contributed by atoms with Crippen LogP contribution >= 0.6 is 0 Å². The molecule has 0 fully saturated rings. The summed E-state index contributed by atoms with van der Waals surface area (Å²) >= 11 is 0. The van der Waals surface area contributed by atoms with Gasteiger partial charge in [0, 0.05) is 0 Å². The van der Waals surface area contributed by atoms with E-state index in [4.69, 9.17) is 11.7 Å². The lowest BCUT2D eigenvalue weighted by molar-refractivity contribution is 0.101. The maximum absolute atomic E-state index is 9.39. The molecule has 0 aromatic heterocycles. The Hall–Kier alpha value is -1.24. The molecule has 7 heavy (non-hydrogen) atoms. The third-order valence-corrected chi connectivity index (χ3v) is 0.253. The highest BCUT2D eigenvalue weighted by atomic mass is 16.7. The van der Waals surface area contributed by atoms with Crippen LogP contribution in [0.3, 0.4) is 0 Å². The minimum absolute atomic E-state index is 0.407. The summed E-state index contributed by atoms with van der Waals surface area (Å²) in [5.74, 6) is 0. The maximum Gasteiger partial charge on any atom is 0.511 e. The zero-order valence-electron chi connectivity index (χ0n) is 3.42. The molecule has 4 heteroatoms. The van der Waals surface area contributed by atoms with Crippen molar-refractivity contribution in [2.24, 2.45) is 0 Å². The van der Waals surface area contributed by atoms with Gasteiger partial charge in [0.25, 0.3) is 0 Å². The molecule has 0 radical (unpaired) electrons. The van der Waals surface area contributed by atoms with E-state index in [0.29, 0.717) is 0 Å². The molecule has 0 rings (SSSR count). The van der Waals surface area contributed by atoms with Crippen molar-refractivity contribution >= 4 is 6.16 Å². The second kappa shape index (κ2) is 2.97. The van der Waals surface area contributed by atoms with Crippen LogP contribution in [0.2, 0.25) is 0 Å². The number of hydrogen-bond acceptors (Lipinski definition) is 2. The minimum Gasteiger partial charge on any atom is -0.450 e. The Morgan fingerprint density at radius 2 is 2.57 bits per heavy atom. The number of ether oxygens (including phenoxy) is 1. The van der Waals surface area contributed by atoms with Gasteiger partial charge >= 0.3 is 12.9 Å². The van der Waals surface area contributed by atoms with Crippen LogP contribution < -0.4 is 0 Å². The second-order valence-corrected chi connectivity index (χ2v) is 0.697. The van der Waals surface area contributed by atoms with Gasteiger partial charge in [-0.25, -0.2) is 11.4 Å². The molecule has 0 amide bonds. The molecule has 0 aliphatic carbocycles. The van der Waals surface area contributed by atoms with Crippen molar-refractivity contribution in [3.05, 3.63) is 11.4 Å². The van der Waals surface area contributed by atoms with E-state index in [1.807, 2.05) is 0 Å². The summed E-state index contributed by atoms with van der Waals surface area (Å²) in [5.41, 5.74) is 0. The van der Waals surface area contributed by atoms with Crippen molar-refractivity contribution in [2.45, 2.75) is 0 Å². The fraction of sp³-hybridized carbons (Fsp3) is 0.333. The molecular formula is C3H3NO3. The van der Waals surface area contributed by atoms with E-state index in [0.717, 1.165) is 0 Å². The van der Waals surface area contributed by atoms with E-state index in [-0.39, 0.29) is 0 Å². The quantitative estimate of drug-likeness (QED) is 0.387. The number of rotatable bonds is 1. The Morgan fingerprint density at radius 1 is 2.00 bits per heavy atom. The highest BCUT2D eigenvalue weighted by Crippen LogP contribution is 1.73. The highest BCUT2D eigenvalue weighted by molar-refractivity contribution is 5.56. The van der Waals surface area contributed by atoms with Gasteiger partial charge in [0.1, 0.15) is 0 Å². The smallest absolute Gasteiger partial charge is 0.450 e. The van der Waals surface area contributed by atoms with Crippen LogP contribution in [0, 0.1) is 6.57 Å². The van der Waals surface area contributed by atoms with Crippen LogP contribution in [0.4, 0.5) is 4.79 Å². The van der Waals surface area contributed by atoms with Gasteiger partial charge < -0.3 is 9.84 Å². The normalized spacial score (nSPS) is 6.71. The molecule has 0 spiro atoms. The highest BCUT2D eigenvalue weighted by Gasteiger charge is 1.92. The Bertz CT molecular complexity index is 103. The molecular weight excluding hydrogens is 98.0 g/mol. The van der Waals surface area contributed by atoms with Gasteiger partial charge in [-0.15, -0.1) is 0 Å². The molecule has 0 saturated heterocycles. The summed E-state index contributed by atoms with van der Waals surface area (Å²) < 4.78 is 3.75. The molecule has 0 atom stereocenters. The third-order valence-electron chi connectivity index (χ3n) is 0.253. The van der Waals surface area contributed by atoms with Crippen LogP contribution in [0.25, 0.3) is 4.85 Å². The molecule has 0 aliphatic rings. The summed E-state index contributed by atoms with van der Waals surface area (Å²) in [7, 11) is 0. The molecule has 0 bridgehead atoms. The first-order valence-electron chi connectivity index (χ1n) is 1.46. The van der Waals surface area contributed by atoms with E-state index in [1.165, 1.54) is 0 Å². The van der Waals surface area contributed by atoms with E-state index < -0.39 is 12.9 Å². The average Bonchev–Trinajstić information content (AvgIpc) is 1.61. The average molecular weight is 101 g/mol. The Morgan fingerprint density at radius 3 is 2.71 bits per heavy atom. The Kier molecular flexibility index (Phi) is 2.44. The zero-order chi connectivity index (χ0) is 5.70. The third kappa shape index (κ3) is 4.76. The molecule has 0 unspecified atom stereocenters. The molecule has 1 N–H and O–H groups in total. The maximum atomic E-state index is 9.39. The van der Waals surface area contributed by atoms with E-state index in [2.05, 4.69) is 9.58 Å². The first kappa shape index (κ1) is 5.76. The minimum atomic E-state index is -1.41. The Labute approximate surface area is 40.1 Å². The molecule has 0 aromatic rings. The monoisotopic (exact) mass is 101 g/mol. The molecule has 38 valence electrons. The van der Waals surface area contributed by atoms with Crippen molar-refractivity contribution in [1.29, 1.82) is 0 Å². The topological polar surface area (TPSA) is 50.9 Å². The van der Waals surface area contributed by atoms with Crippen molar-refractivity contribution in [1.82, 2.24) is 0 Å². The predicted octanol–water partition coefficient (Wildman–Crippen LogP) is 0.558. The number of carboxylic acid groups (broad SMARTS) is 1. The van der Waals surface area contributed by atoms with Gasteiger partial charge in [0.15, 0.2) is 0 Å². The van der Waals surface area contributed by atoms with Crippen LogP contribution in [0.5, 0.6) is 0 Å². The summed E-state index contributed by atoms with van der Waals surface area (Å²) in [6.45, 7) is 5.63. The number of nitrogens with zero attached hydrogens (tertiary/aromatic N) is 1. The largest absolute Gasteiger partial charge is 0.511 e. The fourth-order valence-electron chi connectivity index (χ4n) is 0.0875. The molecule has 0 heterocycles. The lowest BCUT2D eigenvalue weighted by atomic mass is 11.2. The first-order valence-corrected chi connectivity index (χ1v) is 1.46. The van der Waals surface area contributed by atoms with Gasteiger partial charge in [-0.05, 0) is 0 Å².